The van der Waals surface area contributed by atoms with Gasteiger partial charge in [-0.2, -0.15) is 0 Å². The van der Waals surface area contributed by atoms with Gasteiger partial charge >= 0.3 is 5.97 Å². The molecule has 3 atom stereocenters. The highest BCUT2D eigenvalue weighted by Crippen LogP contribution is 2.47. The van der Waals surface area contributed by atoms with Gasteiger partial charge < -0.3 is 4.74 Å². The third-order valence-corrected chi connectivity index (χ3v) is 4.55. The minimum atomic E-state index is -0.155. The Morgan fingerprint density at radius 1 is 1.65 bits per heavy atom. The van der Waals surface area contributed by atoms with E-state index < -0.39 is 0 Å². The Hall–Kier alpha value is -0.790. The van der Waals surface area contributed by atoms with Crippen molar-refractivity contribution in [3.63, 3.8) is 0 Å². The van der Waals surface area contributed by atoms with Gasteiger partial charge in [0, 0.05) is 13.3 Å². The number of rotatable bonds is 3. The third kappa shape index (κ3) is 3.11. The zero-order valence-electron chi connectivity index (χ0n) is 11.9. The number of carbonyl (C=O) groups excluding carboxylic acids is 1. The maximum absolute atomic E-state index is 11.0. The van der Waals surface area contributed by atoms with Gasteiger partial charge in [0.2, 0.25) is 0 Å². The first-order valence-electron chi connectivity index (χ1n) is 6.76. The summed E-state index contributed by atoms with van der Waals surface area (Å²) in [5, 5.41) is 0. The van der Waals surface area contributed by atoms with Gasteiger partial charge in [-0.3, -0.25) is 4.79 Å². The van der Waals surface area contributed by atoms with Gasteiger partial charge in [-0.25, -0.2) is 0 Å². The van der Waals surface area contributed by atoms with Crippen molar-refractivity contribution in [1.82, 2.24) is 0 Å². The summed E-state index contributed by atoms with van der Waals surface area (Å²) in [5.74, 6) is 0.532. The average Bonchev–Trinajstić information content (AvgIpc) is 2.29. The lowest BCUT2D eigenvalue weighted by Gasteiger charge is -2.43. The normalized spacial score (nSPS) is 33.5. The number of esters is 1. The van der Waals surface area contributed by atoms with E-state index in [1.165, 1.54) is 18.9 Å². The predicted molar refractivity (Wildman–Crippen MR) is 70.7 cm³/mol. The van der Waals surface area contributed by atoms with Crippen LogP contribution in [0.15, 0.2) is 11.6 Å². The molecule has 1 rings (SSSR count). The van der Waals surface area contributed by atoms with Crippen LogP contribution in [0.3, 0.4) is 0 Å². The van der Waals surface area contributed by atoms with E-state index in [9.17, 15) is 4.79 Å². The van der Waals surface area contributed by atoms with E-state index in [4.69, 9.17) is 4.74 Å². The maximum atomic E-state index is 11.0. The van der Waals surface area contributed by atoms with Crippen LogP contribution in [0.1, 0.15) is 60.3 Å². The van der Waals surface area contributed by atoms with Crippen molar-refractivity contribution in [3.05, 3.63) is 11.6 Å². The standard InChI is InChI=1S/C15H26O2/c1-6-11(3)15(5)9-8-14(17-12(4)16)10-13(15)7-2/h7,11,14H,6,8-10H2,1-5H3. The van der Waals surface area contributed by atoms with Crippen molar-refractivity contribution in [3.8, 4) is 0 Å². The van der Waals surface area contributed by atoms with Crippen molar-refractivity contribution in [2.45, 2.75) is 66.4 Å². The molecule has 2 heteroatoms. The second kappa shape index (κ2) is 5.70. The molecule has 3 unspecified atom stereocenters. The quantitative estimate of drug-likeness (QED) is 0.546. The number of carbonyl (C=O) groups is 1. The van der Waals surface area contributed by atoms with E-state index in [1.807, 2.05) is 0 Å². The van der Waals surface area contributed by atoms with Gasteiger partial charge in [-0.15, -0.1) is 0 Å². The van der Waals surface area contributed by atoms with E-state index >= 15 is 0 Å². The van der Waals surface area contributed by atoms with Crippen LogP contribution in [0.2, 0.25) is 0 Å². The van der Waals surface area contributed by atoms with Crippen LogP contribution in [0.25, 0.3) is 0 Å². The summed E-state index contributed by atoms with van der Waals surface area (Å²) in [5.41, 5.74) is 1.75. The first-order valence-corrected chi connectivity index (χ1v) is 6.76. The van der Waals surface area contributed by atoms with E-state index in [-0.39, 0.29) is 12.1 Å². The van der Waals surface area contributed by atoms with Gasteiger partial charge in [0.1, 0.15) is 6.10 Å². The molecule has 0 spiro atoms. The molecule has 17 heavy (non-hydrogen) atoms. The highest BCUT2D eigenvalue weighted by atomic mass is 16.5. The molecule has 0 heterocycles. The molecule has 0 aliphatic heterocycles. The monoisotopic (exact) mass is 238 g/mol. The molecule has 1 aliphatic carbocycles. The Morgan fingerprint density at radius 3 is 2.76 bits per heavy atom. The van der Waals surface area contributed by atoms with Crippen molar-refractivity contribution in [2.24, 2.45) is 11.3 Å². The zero-order chi connectivity index (χ0) is 13.1. The van der Waals surface area contributed by atoms with Gasteiger partial charge in [0.25, 0.3) is 0 Å². The Balaban J connectivity index is 2.78. The molecule has 0 saturated heterocycles. The minimum Gasteiger partial charge on any atom is -0.462 e. The average molecular weight is 238 g/mol. The summed E-state index contributed by atoms with van der Waals surface area (Å²) in [7, 11) is 0. The van der Waals surface area contributed by atoms with Gasteiger partial charge in [0.05, 0.1) is 0 Å². The van der Waals surface area contributed by atoms with Crippen molar-refractivity contribution >= 4 is 5.97 Å². The van der Waals surface area contributed by atoms with E-state index in [2.05, 4.69) is 33.8 Å². The first kappa shape index (κ1) is 14.3. The smallest absolute Gasteiger partial charge is 0.302 e. The summed E-state index contributed by atoms with van der Waals surface area (Å²) in [6.07, 6.45) is 6.55. The van der Waals surface area contributed by atoms with Gasteiger partial charge in [0.15, 0.2) is 0 Å². The summed E-state index contributed by atoms with van der Waals surface area (Å²) in [6.45, 7) is 10.5. The van der Waals surface area contributed by atoms with E-state index in [0.29, 0.717) is 11.3 Å². The number of allylic oxidation sites excluding steroid dienone is 1. The molecule has 0 aromatic heterocycles. The van der Waals surface area contributed by atoms with Gasteiger partial charge in [-0.1, -0.05) is 38.8 Å². The lowest BCUT2D eigenvalue weighted by Crippen LogP contribution is -2.36. The van der Waals surface area contributed by atoms with Crippen LogP contribution in [-0.2, 0) is 9.53 Å². The predicted octanol–water partition coefficient (Wildman–Crippen LogP) is 4.10. The Labute approximate surface area is 105 Å². The summed E-state index contributed by atoms with van der Waals surface area (Å²) in [4.78, 5) is 11.0. The number of hydrogen-bond acceptors (Lipinski definition) is 2. The largest absolute Gasteiger partial charge is 0.462 e. The van der Waals surface area contributed by atoms with Crippen LogP contribution >= 0.6 is 0 Å². The zero-order valence-corrected chi connectivity index (χ0v) is 11.9. The lowest BCUT2D eigenvalue weighted by atomic mass is 9.63. The molecule has 2 nitrogen and oxygen atoms in total. The SMILES string of the molecule is CC=C1CC(OC(C)=O)CCC1(C)C(C)CC. The molecule has 0 aromatic carbocycles. The molecule has 1 aliphatic rings. The molecule has 0 radical (unpaired) electrons. The Morgan fingerprint density at radius 2 is 2.29 bits per heavy atom. The van der Waals surface area contributed by atoms with Gasteiger partial charge in [-0.05, 0) is 31.1 Å². The molecular formula is C15H26O2. The fourth-order valence-electron chi connectivity index (χ4n) is 3.00. The van der Waals surface area contributed by atoms with Crippen LogP contribution < -0.4 is 0 Å². The molecule has 0 bridgehead atoms. The highest BCUT2D eigenvalue weighted by molar-refractivity contribution is 5.66. The fraction of sp³-hybridized carbons (Fsp3) is 0.800. The molecule has 0 amide bonds. The Bertz CT molecular complexity index is 306. The Kier molecular flexibility index (Phi) is 4.79. The van der Waals surface area contributed by atoms with Crippen molar-refractivity contribution in [2.75, 3.05) is 0 Å². The molecular weight excluding hydrogens is 212 g/mol. The molecule has 98 valence electrons. The fourth-order valence-corrected chi connectivity index (χ4v) is 3.00. The first-order chi connectivity index (χ1) is 7.93. The summed E-state index contributed by atoms with van der Waals surface area (Å²) < 4.78 is 5.35. The van der Waals surface area contributed by atoms with Crippen LogP contribution in [0.5, 0.6) is 0 Å². The lowest BCUT2D eigenvalue weighted by molar-refractivity contribution is -0.147. The topological polar surface area (TPSA) is 26.3 Å². The third-order valence-electron chi connectivity index (χ3n) is 4.55. The van der Waals surface area contributed by atoms with Crippen LogP contribution in [-0.4, -0.2) is 12.1 Å². The maximum Gasteiger partial charge on any atom is 0.302 e. The van der Waals surface area contributed by atoms with Crippen molar-refractivity contribution in [1.29, 1.82) is 0 Å². The summed E-state index contributed by atoms with van der Waals surface area (Å²) >= 11 is 0. The minimum absolute atomic E-state index is 0.0934. The molecule has 1 saturated carbocycles. The number of hydrogen-bond donors (Lipinski definition) is 0. The summed E-state index contributed by atoms with van der Waals surface area (Å²) in [6, 6.07) is 0. The second-order valence-electron chi connectivity index (χ2n) is 5.51. The van der Waals surface area contributed by atoms with E-state index in [0.717, 1.165) is 19.3 Å². The van der Waals surface area contributed by atoms with Crippen LogP contribution in [0, 0.1) is 11.3 Å². The molecule has 1 fully saturated rings. The molecule has 0 aromatic rings. The molecule has 0 N–H and O–H groups in total. The van der Waals surface area contributed by atoms with Crippen molar-refractivity contribution < 1.29 is 9.53 Å². The highest BCUT2D eigenvalue weighted by Gasteiger charge is 2.39. The van der Waals surface area contributed by atoms with Crippen LogP contribution in [0.4, 0.5) is 0 Å². The number of ether oxygens (including phenoxy) is 1. The second-order valence-corrected chi connectivity index (χ2v) is 5.51. The van der Waals surface area contributed by atoms with E-state index in [1.54, 1.807) is 0 Å².